The zero-order valence-corrected chi connectivity index (χ0v) is 13.0. The Balaban J connectivity index is 1.99. The lowest BCUT2D eigenvalue weighted by Gasteiger charge is -2.39. The Morgan fingerprint density at radius 3 is 2.52 bits per heavy atom. The van der Waals surface area contributed by atoms with Gasteiger partial charge in [0.1, 0.15) is 11.8 Å². The monoisotopic (exact) mass is 330 g/mol. The number of carbonyl (C=O) groups is 1. The van der Waals surface area contributed by atoms with Gasteiger partial charge in [-0.15, -0.1) is 0 Å². The number of amides is 1. The number of piperidine rings is 1. The number of hydrogen-bond acceptors (Lipinski definition) is 3. The molecule has 1 aliphatic heterocycles. The Bertz CT molecular complexity index is 531. The maximum absolute atomic E-state index is 13.0. The van der Waals surface area contributed by atoms with Crippen LogP contribution in [0.15, 0.2) is 24.3 Å². The minimum Gasteiger partial charge on any atom is -0.484 e. The van der Waals surface area contributed by atoms with Crippen LogP contribution in [0.1, 0.15) is 25.3 Å². The first kappa shape index (κ1) is 17.6. The van der Waals surface area contributed by atoms with Crippen LogP contribution in [0.5, 0.6) is 5.75 Å². The third-order valence-corrected chi connectivity index (χ3v) is 4.01. The molecule has 1 amide bonds. The summed E-state index contributed by atoms with van der Waals surface area (Å²) < 4.78 is 44.5. The summed E-state index contributed by atoms with van der Waals surface area (Å²) in [4.78, 5) is 12.9. The van der Waals surface area contributed by atoms with Crippen molar-refractivity contribution < 1.29 is 22.7 Å². The van der Waals surface area contributed by atoms with E-state index in [1.54, 1.807) is 12.1 Å². The third kappa shape index (κ3) is 4.60. The van der Waals surface area contributed by atoms with E-state index < -0.39 is 30.8 Å². The van der Waals surface area contributed by atoms with Gasteiger partial charge in [0.05, 0.1) is 0 Å². The lowest BCUT2D eigenvalue weighted by Crippen LogP contribution is -2.57. The van der Waals surface area contributed by atoms with Gasteiger partial charge in [0.2, 0.25) is 0 Å². The molecule has 1 fully saturated rings. The molecule has 0 saturated carbocycles. The number of likely N-dealkylation sites (tertiary alicyclic amines) is 1. The van der Waals surface area contributed by atoms with Crippen molar-refractivity contribution >= 4 is 5.91 Å². The first-order chi connectivity index (χ1) is 10.8. The standard InChI is InChI=1S/C16H21F3N2O2/c1-2-11-3-6-13(7-4-11)23-10-15(22)21-9-12(20)5-8-14(21)16(17,18)19/h3-4,6-7,12,14H,2,5,8-10,20H2,1H3/t12-,14-/m0/s1. The number of halogens is 3. The number of aryl methyl sites for hydroxylation is 1. The normalized spacial score (nSPS) is 22.0. The largest absolute Gasteiger partial charge is 0.484 e. The zero-order valence-electron chi connectivity index (χ0n) is 13.0. The van der Waals surface area contributed by atoms with E-state index in [2.05, 4.69) is 0 Å². The van der Waals surface area contributed by atoms with Crippen molar-refractivity contribution in [2.24, 2.45) is 5.73 Å². The molecule has 0 aliphatic carbocycles. The van der Waals surface area contributed by atoms with Crippen molar-refractivity contribution in [3.05, 3.63) is 29.8 Å². The van der Waals surface area contributed by atoms with Crippen molar-refractivity contribution in [2.45, 2.75) is 44.4 Å². The Labute approximate surface area is 133 Å². The molecule has 1 heterocycles. The van der Waals surface area contributed by atoms with Gasteiger partial charge in [-0.25, -0.2) is 0 Å². The van der Waals surface area contributed by atoms with Gasteiger partial charge in [0, 0.05) is 12.6 Å². The summed E-state index contributed by atoms with van der Waals surface area (Å²) in [5.74, 6) is -0.234. The molecule has 2 N–H and O–H groups in total. The second-order valence-electron chi connectivity index (χ2n) is 5.73. The molecule has 1 aromatic carbocycles. The van der Waals surface area contributed by atoms with Crippen LogP contribution in [-0.4, -0.2) is 42.2 Å². The molecule has 1 aromatic rings. The molecule has 0 bridgehead atoms. The summed E-state index contributed by atoms with van der Waals surface area (Å²) in [6, 6.07) is 4.91. The highest BCUT2D eigenvalue weighted by Crippen LogP contribution is 2.31. The number of hydrogen-bond donors (Lipinski definition) is 1. The third-order valence-electron chi connectivity index (χ3n) is 4.01. The van der Waals surface area contributed by atoms with Gasteiger partial charge in [0.15, 0.2) is 6.61 Å². The minimum atomic E-state index is -4.45. The van der Waals surface area contributed by atoms with E-state index in [1.165, 1.54) is 0 Å². The Morgan fingerprint density at radius 1 is 1.30 bits per heavy atom. The van der Waals surface area contributed by atoms with Gasteiger partial charge in [-0.05, 0) is 37.0 Å². The maximum atomic E-state index is 13.0. The zero-order chi connectivity index (χ0) is 17.0. The topological polar surface area (TPSA) is 55.6 Å². The second-order valence-corrected chi connectivity index (χ2v) is 5.73. The van der Waals surface area contributed by atoms with Crippen LogP contribution in [0.4, 0.5) is 13.2 Å². The summed E-state index contributed by atoms with van der Waals surface area (Å²) >= 11 is 0. The SMILES string of the molecule is CCc1ccc(OCC(=O)N2C[C@@H](N)CC[C@H]2C(F)(F)F)cc1. The minimum absolute atomic E-state index is 0.0961. The number of nitrogens with zero attached hydrogens (tertiary/aromatic N) is 1. The van der Waals surface area contributed by atoms with Crippen molar-refractivity contribution in [2.75, 3.05) is 13.2 Å². The van der Waals surface area contributed by atoms with Gasteiger partial charge in [-0.2, -0.15) is 13.2 Å². The van der Waals surface area contributed by atoms with Crippen molar-refractivity contribution in [1.82, 2.24) is 4.90 Å². The molecular weight excluding hydrogens is 309 g/mol. The number of nitrogens with two attached hydrogens (primary N) is 1. The Hall–Kier alpha value is -1.76. The van der Waals surface area contributed by atoms with Crippen LogP contribution in [0.3, 0.4) is 0 Å². The fourth-order valence-corrected chi connectivity index (χ4v) is 2.66. The molecule has 128 valence electrons. The van der Waals surface area contributed by atoms with Crippen LogP contribution in [0, 0.1) is 0 Å². The number of carbonyl (C=O) groups excluding carboxylic acids is 1. The molecule has 1 aliphatic rings. The number of ether oxygens (including phenoxy) is 1. The number of benzene rings is 1. The fraction of sp³-hybridized carbons (Fsp3) is 0.562. The average molecular weight is 330 g/mol. The molecule has 1 saturated heterocycles. The number of alkyl halides is 3. The lowest BCUT2D eigenvalue weighted by molar-refractivity contribution is -0.197. The molecule has 0 radical (unpaired) electrons. The smallest absolute Gasteiger partial charge is 0.408 e. The van der Waals surface area contributed by atoms with E-state index >= 15 is 0 Å². The van der Waals surface area contributed by atoms with Crippen LogP contribution in [-0.2, 0) is 11.2 Å². The van der Waals surface area contributed by atoms with E-state index in [4.69, 9.17) is 10.5 Å². The summed E-state index contributed by atoms with van der Waals surface area (Å²) in [5, 5.41) is 0. The highest BCUT2D eigenvalue weighted by Gasteiger charge is 2.47. The molecule has 0 unspecified atom stereocenters. The molecule has 7 heteroatoms. The van der Waals surface area contributed by atoms with E-state index in [0.717, 1.165) is 16.9 Å². The van der Waals surface area contributed by atoms with Gasteiger partial charge < -0.3 is 15.4 Å². The predicted octanol–water partition coefficient (Wildman–Crippen LogP) is 2.51. The Kier molecular flexibility index (Phi) is 5.51. The second kappa shape index (κ2) is 7.21. The molecule has 4 nitrogen and oxygen atoms in total. The van der Waals surface area contributed by atoms with Gasteiger partial charge >= 0.3 is 6.18 Å². The lowest BCUT2D eigenvalue weighted by atomic mass is 9.98. The van der Waals surface area contributed by atoms with E-state index in [1.807, 2.05) is 19.1 Å². The Morgan fingerprint density at radius 2 is 1.96 bits per heavy atom. The van der Waals surface area contributed by atoms with Gasteiger partial charge in [-0.3, -0.25) is 4.79 Å². The summed E-state index contributed by atoms with van der Waals surface area (Å²) in [7, 11) is 0. The van der Waals surface area contributed by atoms with E-state index in [9.17, 15) is 18.0 Å². The number of rotatable bonds is 4. The van der Waals surface area contributed by atoms with E-state index in [-0.39, 0.29) is 19.4 Å². The average Bonchev–Trinajstić information content (AvgIpc) is 2.51. The summed E-state index contributed by atoms with van der Waals surface area (Å²) in [5.41, 5.74) is 6.82. The van der Waals surface area contributed by atoms with E-state index in [0.29, 0.717) is 5.75 Å². The maximum Gasteiger partial charge on any atom is 0.408 e. The van der Waals surface area contributed by atoms with Crippen LogP contribution in [0.25, 0.3) is 0 Å². The summed E-state index contributed by atoms with van der Waals surface area (Å²) in [6.07, 6.45) is -3.48. The molecule has 0 aromatic heterocycles. The van der Waals surface area contributed by atoms with Crippen molar-refractivity contribution in [1.29, 1.82) is 0 Å². The predicted molar refractivity (Wildman–Crippen MR) is 80.1 cm³/mol. The molecule has 2 atom stereocenters. The first-order valence-corrected chi connectivity index (χ1v) is 7.64. The quantitative estimate of drug-likeness (QED) is 0.923. The molecule has 0 spiro atoms. The molecule has 23 heavy (non-hydrogen) atoms. The van der Waals surface area contributed by atoms with Gasteiger partial charge in [0.25, 0.3) is 5.91 Å². The van der Waals surface area contributed by atoms with Gasteiger partial charge in [-0.1, -0.05) is 19.1 Å². The summed E-state index contributed by atoms with van der Waals surface area (Å²) in [6.45, 7) is 1.49. The van der Waals surface area contributed by atoms with Crippen molar-refractivity contribution in [3.8, 4) is 5.75 Å². The highest BCUT2D eigenvalue weighted by atomic mass is 19.4. The molecular formula is C16H21F3N2O2. The highest BCUT2D eigenvalue weighted by molar-refractivity contribution is 5.78. The van der Waals surface area contributed by atoms with Crippen molar-refractivity contribution in [3.63, 3.8) is 0 Å². The molecule has 2 rings (SSSR count). The first-order valence-electron chi connectivity index (χ1n) is 7.64. The van der Waals surface area contributed by atoms with Crippen LogP contribution >= 0.6 is 0 Å². The van der Waals surface area contributed by atoms with Crippen LogP contribution in [0.2, 0.25) is 0 Å². The van der Waals surface area contributed by atoms with Crippen LogP contribution < -0.4 is 10.5 Å². The fourth-order valence-electron chi connectivity index (χ4n) is 2.66.